The van der Waals surface area contributed by atoms with Crippen LogP contribution in [-0.4, -0.2) is 19.3 Å². The van der Waals surface area contributed by atoms with Gasteiger partial charge in [-0.05, 0) is 68.4 Å². The SMILES string of the molecule is Cc1cc(C)n(-c2cccc(Oc3ccc4c5ccc6sc7ccccc7c6c5n(-c5ccccn5)c4c3)c2)n1. The maximum Gasteiger partial charge on any atom is 0.137 e. The fourth-order valence-corrected chi connectivity index (χ4v) is 6.89. The zero-order valence-electron chi connectivity index (χ0n) is 22.0. The van der Waals surface area contributed by atoms with Crippen LogP contribution < -0.4 is 4.74 Å². The fourth-order valence-electron chi connectivity index (χ4n) is 5.79. The summed E-state index contributed by atoms with van der Waals surface area (Å²) >= 11 is 1.83. The third-order valence-corrected chi connectivity index (χ3v) is 8.56. The monoisotopic (exact) mass is 536 g/mol. The molecule has 0 aliphatic rings. The molecule has 8 rings (SSSR count). The maximum absolute atomic E-state index is 6.45. The molecule has 6 heteroatoms. The molecule has 4 aromatic heterocycles. The smallest absolute Gasteiger partial charge is 0.137 e. The lowest BCUT2D eigenvalue weighted by Gasteiger charge is -2.11. The van der Waals surface area contributed by atoms with Crippen LogP contribution in [0.15, 0.2) is 109 Å². The Morgan fingerprint density at radius 1 is 0.700 bits per heavy atom. The van der Waals surface area contributed by atoms with Crippen molar-refractivity contribution in [3.8, 4) is 23.0 Å². The molecule has 40 heavy (non-hydrogen) atoms. The van der Waals surface area contributed by atoms with Gasteiger partial charge in [0.1, 0.15) is 17.3 Å². The van der Waals surface area contributed by atoms with Crippen molar-refractivity contribution in [2.24, 2.45) is 0 Å². The van der Waals surface area contributed by atoms with E-state index in [-0.39, 0.29) is 0 Å². The van der Waals surface area contributed by atoms with E-state index in [1.54, 1.807) is 0 Å². The first kappa shape index (κ1) is 23.0. The van der Waals surface area contributed by atoms with E-state index in [0.717, 1.165) is 39.9 Å². The predicted molar refractivity (Wildman–Crippen MR) is 165 cm³/mol. The molecule has 0 saturated heterocycles. The Hall–Kier alpha value is -4.94. The first-order valence-corrected chi connectivity index (χ1v) is 14.1. The van der Waals surface area contributed by atoms with Gasteiger partial charge in [-0.1, -0.05) is 36.4 Å². The van der Waals surface area contributed by atoms with Gasteiger partial charge in [0.25, 0.3) is 0 Å². The van der Waals surface area contributed by atoms with E-state index in [1.807, 2.05) is 65.5 Å². The highest BCUT2D eigenvalue weighted by atomic mass is 32.1. The largest absolute Gasteiger partial charge is 0.457 e. The molecule has 0 atom stereocenters. The van der Waals surface area contributed by atoms with Gasteiger partial charge in [0.2, 0.25) is 0 Å². The standard InChI is InChI=1S/C34H24N4OS/c1-21-18-22(2)38(36-21)23-8-7-9-24(19-23)39-25-13-14-26-27-15-16-31-33(28-10-3-4-11-30(28)40-31)34(27)37(29(26)20-25)32-12-5-6-17-35-32/h3-20H,1-2H3. The summed E-state index contributed by atoms with van der Waals surface area (Å²) < 4.78 is 13.2. The van der Waals surface area contributed by atoms with Crippen molar-refractivity contribution in [1.82, 2.24) is 19.3 Å². The average Bonchev–Trinajstić information content (AvgIpc) is 3.63. The first-order chi connectivity index (χ1) is 19.6. The Bertz CT molecular complexity index is 2220. The number of nitrogens with zero attached hydrogens (tertiary/aromatic N) is 4. The summed E-state index contributed by atoms with van der Waals surface area (Å²) in [6, 6.07) is 35.7. The number of hydrogen-bond donors (Lipinski definition) is 0. The van der Waals surface area contributed by atoms with Crippen LogP contribution in [0.2, 0.25) is 0 Å². The fraction of sp³-hybridized carbons (Fsp3) is 0.0588. The van der Waals surface area contributed by atoms with Gasteiger partial charge in [-0.15, -0.1) is 11.3 Å². The highest BCUT2D eigenvalue weighted by Gasteiger charge is 2.19. The molecule has 0 saturated carbocycles. The minimum atomic E-state index is 0.760. The van der Waals surface area contributed by atoms with Crippen LogP contribution in [0.1, 0.15) is 11.4 Å². The Labute approximate surface area is 234 Å². The van der Waals surface area contributed by atoms with Crippen LogP contribution in [0.3, 0.4) is 0 Å². The highest BCUT2D eigenvalue weighted by Crippen LogP contribution is 2.43. The van der Waals surface area contributed by atoms with Gasteiger partial charge in [-0.2, -0.15) is 5.10 Å². The summed E-state index contributed by atoms with van der Waals surface area (Å²) in [4.78, 5) is 4.78. The molecule has 4 aromatic carbocycles. The molecular weight excluding hydrogens is 512 g/mol. The lowest BCUT2D eigenvalue weighted by molar-refractivity contribution is 0.483. The molecule has 5 nitrogen and oxygen atoms in total. The van der Waals surface area contributed by atoms with Crippen molar-refractivity contribution in [1.29, 1.82) is 0 Å². The second-order valence-electron chi connectivity index (χ2n) is 10.1. The molecule has 192 valence electrons. The topological polar surface area (TPSA) is 44.9 Å². The van der Waals surface area contributed by atoms with Crippen LogP contribution in [-0.2, 0) is 0 Å². The van der Waals surface area contributed by atoms with E-state index >= 15 is 0 Å². The number of benzene rings is 4. The minimum absolute atomic E-state index is 0.760. The summed E-state index contributed by atoms with van der Waals surface area (Å²) in [6.45, 7) is 4.07. The summed E-state index contributed by atoms with van der Waals surface area (Å²) in [5.41, 5.74) is 5.28. The summed E-state index contributed by atoms with van der Waals surface area (Å²) in [6.07, 6.45) is 1.85. The van der Waals surface area contributed by atoms with E-state index in [9.17, 15) is 0 Å². The molecule has 0 aliphatic heterocycles. The molecule has 0 unspecified atom stereocenters. The lowest BCUT2D eigenvalue weighted by atomic mass is 10.1. The molecule has 0 bridgehead atoms. The Balaban J connectivity index is 1.34. The molecule has 0 aliphatic carbocycles. The highest BCUT2D eigenvalue weighted by molar-refractivity contribution is 7.26. The zero-order valence-corrected chi connectivity index (χ0v) is 22.8. The molecule has 0 radical (unpaired) electrons. The minimum Gasteiger partial charge on any atom is -0.457 e. The molecule has 0 N–H and O–H groups in total. The third-order valence-electron chi connectivity index (χ3n) is 7.43. The Morgan fingerprint density at radius 2 is 1.55 bits per heavy atom. The van der Waals surface area contributed by atoms with Crippen molar-refractivity contribution in [3.63, 3.8) is 0 Å². The van der Waals surface area contributed by atoms with E-state index in [4.69, 9.17) is 9.72 Å². The number of thiophene rings is 1. The molecule has 0 amide bonds. The van der Waals surface area contributed by atoms with Gasteiger partial charge in [-0.25, -0.2) is 9.67 Å². The van der Waals surface area contributed by atoms with Gasteiger partial charge in [0.15, 0.2) is 0 Å². The van der Waals surface area contributed by atoms with Crippen molar-refractivity contribution in [2.75, 3.05) is 0 Å². The number of hydrogen-bond acceptors (Lipinski definition) is 4. The predicted octanol–water partition coefficient (Wildman–Crippen LogP) is 9.14. The van der Waals surface area contributed by atoms with Crippen LogP contribution in [0.4, 0.5) is 0 Å². The van der Waals surface area contributed by atoms with Gasteiger partial charge in [0, 0.05) is 55.0 Å². The van der Waals surface area contributed by atoms with E-state index in [1.165, 1.54) is 36.5 Å². The number of ether oxygens (including phenoxy) is 1. The number of aromatic nitrogens is 4. The summed E-state index contributed by atoms with van der Waals surface area (Å²) in [5, 5.41) is 9.54. The molecule has 0 fully saturated rings. The second kappa shape index (κ2) is 8.79. The Morgan fingerprint density at radius 3 is 2.40 bits per heavy atom. The van der Waals surface area contributed by atoms with E-state index in [0.29, 0.717) is 0 Å². The average molecular weight is 537 g/mol. The van der Waals surface area contributed by atoms with Gasteiger partial charge >= 0.3 is 0 Å². The quantitative estimate of drug-likeness (QED) is 0.225. The van der Waals surface area contributed by atoms with Crippen molar-refractivity contribution >= 4 is 53.3 Å². The molecule has 8 aromatic rings. The number of fused-ring (bicyclic) bond motifs is 7. The lowest BCUT2D eigenvalue weighted by Crippen LogP contribution is -1.99. The van der Waals surface area contributed by atoms with Gasteiger partial charge in [-0.3, -0.25) is 4.57 Å². The van der Waals surface area contributed by atoms with Gasteiger partial charge in [0.05, 0.1) is 22.4 Å². The first-order valence-electron chi connectivity index (χ1n) is 13.3. The molecule has 4 heterocycles. The van der Waals surface area contributed by atoms with Crippen molar-refractivity contribution in [3.05, 3.63) is 121 Å². The van der Waals surface area contributed by atoms with Crippen LogP contribution in [0, 0.1) is 13.8 Å². The zero-order chi connectivity index (χ0) is 26.8. The molecule has 0 spiro atoms. The number of aryl methyl sites for hydroxylation is 2. The van der Waals surface area contributed by atoms with E-state index < -0.39 is 0 Å². The van der Waals surface area contributed by atoms with Crippen LogP contribution >= 0.6 is 11.3 Å². The van der Waals surface area contributed by atoms with Crippen molar-refractivity contribution in [2.45, 2.75) is 13.8 Å². The van der Waals surface area contributed by atoms with E-state index in [2.05, 4.69) is 83.3 Å². The number of rotatable bonds is 4. The summed E-state index contributed by atoms with van der Waals surface area (Å²) in [5.74, 6) is 2.41. The van der Waals surface area contributed by atoms with Crippen LogP contribution in [0.5, 0.6) is 11.5 Å². The van der Waals surface area contributed by atoms with Crippen LogP contribution in [0.25, 0.3) is 53.5 Å². The number of pyridine rings is 1. The van der Waals surface area contributed by atoms with Gasteiger partial charge < -0.3 is 4.74 Å². The summed E-state index contributed by atoms with van der Waals surface area (Å²) in [7, 11) is 0. The molecular formula is C34H24N4OS. The van der Waals surface area contributed by atoms with Crippen molar-refractivity contribution < 1.29 is 4.74 Å². The second-order valence-corrected chi connectivity index (χ2v) is 11.2. The Kier molecular flexibility index (Phi) is 5.06. The third kappa shape index (κ3) is 3.53. The normalized spacial score (nSPS) is 11.8. The maximum atomic E-state index is 6.45.